The number of nitrogens with zero attached hydrogens (tertiary/aromatic N) is 1. The number of ether oxygens (including phenoxy) is 3. The summed E-state index contributed by atoms with van der Waals surface area (Å²) in [7, 11) is 1.45. The summed E-state index contributed by atoms with van der Waals surface area (Å²) in [5, 5.41) is 3.88. The van der Waals surface area contributed by atoms with Gasteiger partial charge in [0.05, 0.1) is 25.5 Å². The van der Waals surface area contributed by atoms with E-state index in [1.807, 2.05) is 6.92 Å². The quantitative estimate of drug-likeness (QED) is 0.247. The SMILES string of the molecule is CCOc1ccc(C(=O)Oc2ccc(C=NNC(=O)c3ccc(F)cc3)cc2OC)cc1. The molecule has 0 saturated heterocycles. The number of hydrazone groups is 1. The molecule has 8 heteroatoms. The second-order valence-electron chi connectivity index (χ2n) is 6.46. The summed E-state index contributed by atoms with van der Waals surface area (Å²) < 4.78 is 29.0. The van der Waals surface area contributed by atoms with Gasteiger partial charge in [-0.3, -0.25) is 4.79 Å². The van der Waals surface area contributed by atoms with Gasteiger partial charge in [0.1, 0.15) is 11.6 Å². The van der Waals surface area contributed by atoms with Crippen LogP contribution in [0, 0.1) is 5.82 Å². The number of carbonyl (C=O) groups excluding carboxylic acids is 2. The fourth-order valence-electron chi connectivity index (χ4n) is 2.69. The Bertz CT molecular complexity index is 1110. The molecule has 164 valence electrons. The largest absolute Gasteiger partial charge is 0.494 e. The molecule has 3 aromatic rings. The van der Waals surface area contributed by atoms with Crippen LogP contribution in [0.5, 0.6) is 17.2 Å². The molecule has 0 atom stereocenters. The molecule has 0 radical (unpaired) electrons. The van der Waals surface area contributed by atoms with Crippen molar-refractivity contribution in [2.45, 2.75) is 6.92 Å². The van der Waals surface area contributed by atoms with Gasteiger partial charge in [-0.05, 0) is 79.2 Å². The van der Waals surface area contributed by atoms with Crippen molar-refractivity contribution in [3.8, 4) is 17.2 Å². The molecule has 0 aliphatic heterocycles. The molecule has 32 heavy (non-hydrogen) atoms. The normalized spacial score (nSPS) is 10.6. The van der Waals surface area contributed by atoms with Gasteiger partial charge in [-0.15, -0.1) is 0 Å². The van der Waals surface area contributed by atoms with Crippen molar-refractivity contribution in [3.63, 3.8) is 0 Å². The summed E-state index contributed by atoms with van der Waals surface area (Å²) in [5.41, 5.74) is 3.60. The van der Waals surface area contributed by atoms with Crippen molar-refractivity contribution in [1.29, 1.82) is 0 Å². The highest BCUT2D eigenvalue weighted by molar-refractivity contribution is 5.95. The summed E-state index contributed by atoms with van der Waals surface area (Å²) in [6, 6.07) is 16.5. The Morgan fingerprint density at radius 2 is 1.66 bits per heavy atom. The molecule has 0 bridgehead atoms. The van der Waals surface area contributed by atoms with Crippen molar-refractivity contribution in [2.24, 2.45) is 5.10 Å². The third-order valence-corrected chi connectivity index (χ3v) is 4.28. The number of halogens is 1. The van der Waals surface area contributed by atoms with Crippen molar-refractivity contribution in [2.75, 3.05) is 13.7 Å². The van der Waals surface area contributed by atoms with E-state index in [2.05, 4.69) is 10.5 Å². The number of rotatable bonds is 8. The summed E-state index contributed by atoms with van der Waals surface area (Å²) >= 11 is 0. The molecular weight excluding hydrogens is 415 g/mol. The molecule has 0 unspecified atom stereocenters. The number of methoxy groups -OCH3 is 1. The third-order valence-electron chi connectivity index (χ3n) is 4.28. The van der Waals surface area contributed by atoms with Gasteiger partial charge in [0.15, 0.2) is 11.5 Å². The van der Waals surface area contributed by atoms with Crippen molar-refractivity contribution >= 4 is 18.1 Å². The van der Waals surface area contributed by atoms with Crippen LogP contribution in [0.2, 0.25) is 0 Å². The summed E-state index contributed by atoms with van der Waals surface area (Å²) in [4.78, 5) is 24.4. The number of amides is 1. The van der Waals surface area contributed by atoms with E-state index in [1.165, 1.54) is 37.6 Å². The Hall–Kier alpha value is -4.20. The van der Waals surface area contributed by atoms with E-state index in [9.17, 15) is 14.0 Å². The Labute approximate surface area is 184 Å². The van der Waals surface area contributed by atoms with Gasteiger partial charge >= 0.3 is 5.97 Å². The number of hydrogen-bond acceptors (Lipinski definition) is 6. The first-order chi connectivity index (χ1) is 15.5. The third kappa shape index (κ3) is 5.91. The van der Waals surface area contributed by atoms with Crippen LogP contribution in [0.3, 0.4) is 0 Å². The first kappa shape index (κ1) is 22.5. The smallest absolute Gasteiger partial charge is 0.343 e. The molecule has 1 amide bonds. The fraction of sp³-hybridized carbons (Fsp3) is 0.125. The van der Waals surface area contributed by atoms with E-state index in [-0.39, 0.29) is 11.3 Å². The second kappa shape index (κ2) is 10.7. The molecule has 0 aliphatic carbocycles. The van der Waals surface area contributed by atoms with Crippen LogP contribution in [0.1, 0.15) is 33.2 Å². The van der Waals surface area contributed by atoms with Gasteiger partial charge in [0.2, 0.25) is 0 Å². The monoisotopic (exact) mass is 436 g/mol. The molecule has 0 fully saturated rings. The average Bonchev–Trinajstić information content (AvgIpc) is 2.81. The Morgan fingerprint density at radius 3 is 2.31 bits per heavy atom. The zero-order valence-electron chi connectivity index (χ0n) is 17.5. The van der Waals surface area contributed by atoms with E-state index >= 15 is 0 Å². The van der Waals surface area contributed by atoms with Crippen LogP contribution in [-0.4, -0.2) is 31.8 Å². The Balaban J connectivity index is 1.64. The summed E-state index contributed by atoms with van der Waals surface area (Å²) in [5.74, 6) is -0.234. The lowest BCUT2D eigenvalue weighted by molar-refractivity contribution is 0.0729. The molecule has 3 aromatic carbocycles. The molecule has 1 N–H and O–H groups in total. The minimum Gasteiger partial charge on any atom is -0.494 e. The lowest BCUT2D eigenvalue weighted by atomic mass is 10.2. The Morgan fingerprint density at radius 1 is 0.969 bits per heavy atom. The highest BCUT2D eigenvalue weighted by atomic mass is 19.1. The molecule has 3 rings (SSSR count). The van der Waals surface area contributed by atoms with Gasteiger partial charge < -0.3 is 14.2 Å². The van der Waals surface area contributed by atoms with E-state index < -0.39 is 17.7 Å². The van der Waals surface area contributed by atoms with Crippen LogP contribution in [-0.2, 0) is 0 Å². The van der Waals surface area contributed by atoms with Gasteiger partial charge in [0, 0.05) is 5.56 Å². The highest BCUT2D eigenvalue weighted by Gasteiger charge is 2.13. The first-order valence-corrected chi connectivity index (χ1v) is 9.72. The average molecular weight is 436 g/mol. The lowest BCUT2D eigenvalue weighted by Crippen LogP contribution is -2.17. The number of hydrogen-bond donors (Lipinski definition) is 1. The van der Waals surface area contributed by atoms with E-state index in [4.69, 9.17) is 14.2 Å². The topological polar surface area (TPSA) is 86.2 Å². The molecule has 0 spiro atoms. The minimum absolute atomic E-state index is 0.235. The van der Waals surface area contributed by atoms with E-state index in [1.54, 1.807) is 42.5 Å². The second-order valence-corrected chi connectivity index (χ2v) is 6.46. The summed E-state index contributed by atoms with van der Waals surface area (Å²) in [6.45, 7) is 2.41. The van der Waals surface area contributed by atoms with Gasteiger partial charge in [-0.2, -0.15) is 5.10 Å². The molecule has 7 nitrogen and oxygen atoms in total. The predicted molar refractivity (Wildman–Crippen MR) is 117 cm³/mol. The van der Waals surface area contributed by atoms with E-state index in [0.29, 0.717) is 29.2 Å². The van der Waals surface area contributed by atoms with Crippen LogP contribution in [0.4, 0.5) is 4.39 Å². The molecule has 0 saturated carbocycles. The standard InChI is InChI=1S/C24H21FN2O5/c1-3-31-20-11-7-18(8-12-20)24(29)32-21-13-4-16(14-22(21)30-2)15-26-27-23(28)17-5-9-19(25)10-6-17/h4-15H,3H2,1-2H3,(H,27,28). The number of nitrogens with one attached hydrogen (secondary N) is 1. The van der Waals surface area contributed by atoms with Gasteiger partial charge in [-0.1, -0.05) is 0 Å². The number of benzene rings is 3. The molecule has 0 heterocycles. The minimum atomic E-state index is -0.542. The molecule has 0 aliphatic rings. The molecule has 0 aromatic heterocycles. The summed E-state index contributed by atoms with van der Waals surface area (Å²) in [6.07, 6.45) is 1.40. The zero-order valence-corrected chi connectivity index (χ0v) is 17.5. The van der Waals surface area contributed by atoms with Gasteiger partial charge in [0.25, 0.3) is 5.91 Å². The maximum Gasteiger partial charge on any atom is 0.343 e. The maximum atomic E-state index is 12.9. The fourth-order valence-corrected chi connectivity index (χ4v) is 2.69. The maximum absolute atomic E-state index is 12.9. The number of carbonyl (C=O) groups is 2. The zero-order chi connectivity index (χ0) is 22.9. The highest BCUT2D eigenvalue weighted by Crippen LogP contribution is 2.28. The Kier molecular flexibility index (Phi) is 7.53. The number of esters is 1. The van der Waals surface area contributed by atoms with Crippen molar-refractivity contribution in [1.82, 2.24) is 5.43 Å². The van der Waals surface area contributed by atoms with Crippen molar-refractivity contribution in [3.05, 3.63) is 89.2 Å². The molecular formula is C24H21FN2O5. The lowest BCUT2D eigenvalue weighted by Gasteiger charge is -2.10. The van der Waals surface area contributed by atoms with Gasteiger partial charge in [-0.25, -0.2) is 14.6 Å². The van der Waals surface area contributed by atoms with Crippen LogP contribution >= 0.6 is 0 Å². The first-order valence-electron chi connectivity index (χ1n) is 9.72. The van der Waals surface area contributed by atoms with E-state index in [0.717, 1.165) is 0 Å². The van der Waals surface area contributed by atoms with Crippen LogP contribution in [0.15, 0.2) is 71.8 Å². The van der Waals surface area contributed by atoms with Crippen LogP contribution in [0.25, 0.3) is 0 Å². The predicted octanol–water partition coefficient (Wildman–Crippen LogP) is 4.22. The van der Waals surface area contributed by atoms with Crippen molar-refractivity contribution < 1.29 is 28.2 Å². The van der Waals surface area contributed by atoms with Crippen LogP contribution < -0.4 is 19.6 Å².